The van der Waals surface area contributed by atoms with Crippen LogP contribution in [0.4, 0.5) is 8.78 Å². The lowest BCUT2D eigenvalue weighted by Crippen LogP contribution is -2.32. The average molecular weight is 330 g/mol. The van der Waals surface area contributed by atoms with Gasteiger partial charge in [-0.3, -0.25) is 0 Å². The number of carboxylic acids is 1. The number of hydrogen-bond donors (Lipinski definition) is 1. The predicted molar refractivity (Wildman–Crippen MR) is 84.8 cm³/mol. The fourth-order valence-electron chi connectivity index (χ4n) is 2.17. The molecule has 0 amide bonds. The van der Waals surface area contributed by atoms with Crippen molar-refractivity contribution in [2.24, 2.45) is 5.41 Å². The Morgan fingerprint density at radius 1 is 1.27 bits per heavy atom. The molecule has 0 aliphatic rings. The Morgan fingerprint density at radius 2 is 1.82 bits per heavy atom. The summed E-state index contributed by atoms with van der Waals surface area (Å²) in [6.07, 6.45) is 0. The van der Waals surface area contributed by atoms with Gasteiger partial charge in [0.1, 0.15) is 17.2 Å². The van der Waals surface area contributed by atoms with Crippen LogP contribution in [0.25, 0.3) is 0 Å². The van der Waals surface area contributed by atoms with Crippen LogP contribution in [0.1, 0.15) is 42.6 Å². The van der Waals surface area contributed by atoms with E-state index in [0.717, 1.165) is 6.07 Å². The van der Waals surface area contributed by atoms with E-state index < -0.39 is 31.5 Å². The molecule has 1 aromatic rings. The summed E-state index contributed by atoms with van der Waals surface area (Å²) in [4.78, 5) is 11.1. The van der Waals surface area contributed by atoms with Crippen LogP contribution < -0.4 is 0 Å². The Hall–Kier alpha value is -1.27. The summed E-state index contributed by atoms with van der Waals surface area (Å²) >= 11 is 0. The van der Waals surface area contributed by atoms with Gasteiger partial charge in [0, 0.05) is 12.5 Å². The van der Waals surface area contributed by atoms with Crippen molar-refractivity contribution in [3.63, 3.8) is 0 Å². The maximum Gasteiger partial charge on any atom is 0.341 e. The van der Waals surface area contributed by atoms with Crippen molar-refractivity contribution in [2.75, 3.05) is 6.61 Å². The molecule has 0 radical (unpaired) electrons. The van der Waals surface area contributed by atoms with E-state index in [0.29, 0.717) is 0 Å². The van der Waals surface area contributed by atoms with E-state index in [9.17, 15) is 13.6 Å². The van der Waals surface area contributed by atoms with Crippen LogP contribution in [0.3, 0.4) is 0 Å². The minimum atomic E-state index is -1.81. The first-order valence-corrected chi connectivity index (χ1v) is 10.6. The van der Waals surface area contributed by atoms with Gasteiger partial charge in [0.2, 0.25) is 0 Å². The molecule has 0 spiro atoms. The lowest BCUT2D eigenvalue weighted by atomic mass is 9.76. The van der Waals surface area contributed by atoms with E-state index in [1.165, 1.54) is 6.07 Å². The Morgan fingerprint density at radius 3 is 2.23 bits per heavy atom. The monoisotopic (exact) mass is 330 g/mol. The van der Waals surface area contributed by atoms with Crippen molar-refractivity contribution in [3.8, 4) is 0 Å². The van der Waals surface area contributed by atoms with Gasteiger partial charge in [0.25, 0.3) is 0 Å². The molecule has 1 rings (SSSR count). The Kier molecular flexibility index (Phi) is 5.51. The van der Waals surface area contributed by atoms with Crippen molar-refractivity contribution >= 4 is 14.3 Å². The fourth-order valence-corrected chi connectivity index (χ4v) is 2.84. The molecule has 124 valence electrons. The summed E-state index contributed by atoms with van der Waals surface area (Å²) in [6.45, 7) is 12.1. The molecule has 1 atom stereocenters. The summed E-state index contributed by atoms with van der Waals surface area (Å²) in [5.74, 6) is -4.03. The van der Waals surface area contributed by atoms with Crippen LogP contribution in [0, 0.1) is 17.0 Å². The highest BCUT2D eigenvalue weighted by atomic mass is 28.4. The van der Waals surface area contributed by atoms with Gasteiger partial charge in [-0.2, -0.15) is 0 Å². The normalized spacial score (nSPS) is 14.0. The van der Waals surface area contributed by atoms with Crippen LogP contribution in [0.5, 0.6) is 0 Å². The van der Waals surface area contributed by atoms with Gasteiger partial charge < -0.3 is 9.53 Å². The number of benzene rings is 1. The molecule has 1 aromatic carbocycles. The number of carboxylic acid groups (broad SMARTS) is 1. The fraction of sp³-hybridized carbons (Fsp3) is 0.562. The van der Waals surface area contributed by atoms with Crippen LogP contribution in [0.2, 0.25) is 19.6 Å². The molecule has 0 aliphatic carbocycles. The van der Waals surface area contributed by atoms with Gasteiger partial charge in [-0.1, -0.05) is 26.8 Å². The molecule has 6 heteroatoms. The maximum atomic E-state index is 14.5. The molecule has 0 fully saturated rings. The summed E-state index contributed by atoms with van der Waals surface area (Å²) in [7, 11) is -1.81. The molecular weight excluding hydrogens is 306 g/mol. The Balaban J connectivity index is 3.32. The van der Waals surface area contributed by atoms with E-state index in [2.05, 4.69) is 0 Å². The molecule has 0 heterocycles. The quantitative estimate of drug-likeness (QED) is 0.800. The first kappa shape index (κ1) is 18.8. The van der Waals surface area contributed by atoms with E-state index in [1.807, 2.05) is 40.4 Å². The zero-order chi connectivity index (χ0) is 17.3. The first-order chi connectivity index (χ1) is 9.84. The SMILES string of the molecule is CC(C)(C)C(CO[Si](C)(C)C)c1ccc(F)c(C(=O)O)c1F. The topological polar surface area (TPSA) is 46.5 Å². The predicted octanol–water partition coefficient (Wildman–Crippen LogP) is 4.64. The summed E-state index contributed by atoms with van der Waals surface area (Å²) in [5, 5.41) is 9.01. The first-order valence-electron chi connectivity index (χ1n) is 7.19. The van der Waals surface area contributed by atoms with Gasteiger partial charge >= 0.3 is 5.97 Å². The molecule has 0 aliphatic heterocycles. The number of rotatable bonds is 5. The molecular formula is C16H24F2O3Si. The van der Waals surface area contributed by atoms with Crippen molar-refractivity contribution in [3.05, 3.63) is 34.9 Å². The van der Waals surface area contributed by atoms with Crippen LogP contribution >= 0.6 is 0 Å². The zero-order valence-electron chi connectivity index (χ0n) is 14.0. The highest BCUT2D eigenvalue weighted by Gasteiger charge is 2.33. The van der Waals surface area contributed by atoms with Crippen LogP contribution in [-0.2, 0) is 4.43 Å². The molecule has 0 saturated carbocycles. The number of hydrogen-bond acceptors (Lipinski definition) is 2. The molecule has 1 N–H and O–H groups in total. The molecule has 0 bridgehead atoms. The van der Waals surface area contributed by atoms with E-state index in [-0.39, 0.29) is 23.5 Å². The summed E-state index contributed by atoms with van der Waals surface area (Å²) in [6, 6.07) is 2.33. The number of aromatic carboxylic acids is 1. The summed E-state index contributed by atoms with van der Waals surface area (Å²) in [5.41, 5.74) is -1.07. The second-order valence-corrected chi connectivity index (χ2v) is 12.0. The Labute approximate surface area is 131 Å². The van der Waals surface area contributed by atoms with Gasteiger partial charge in [0.05, 0.1) is 0 Å². The molecule has 1 unspecified atom stereocenters. The van der Waals surface area contributed by atoms with Crippen LogP contribution in [-0.4, -0.2) is 26.0 Å². The van der Waals surface area contributed by atoms with Gasteiger partial charge in [0.15, 0.2) is 8.32 Å². The third-order valence-electron chi connectivity index (χ3n) is 3.44. The Bertz CT molecular complexity index is 560. The average Bonchev–Trinajstić information content (AvgIpc) is 2.28. The van der Waals surface area contributed by atoms with Crippen molar-refractivity contribution in [1.82, 2.24) is 0 Å². The highest BCUT2D eigenvalue weighted by Crippen LogP contribution is 2.38. The molecule has 22 heavy (non-hydrogen) atoms. The third kappa shape index (κ3) is 4.61. The third-order valence-corrected chi connectivity index (χ3v) is 4.47. The van der Waals surface area contributed by atoms with Crippen molar-refractivity contribution < 1.29 is 23.1 Å². The minimum Gasteiger partial charge on any atom is -0.477 e. The molecule has 3 nitrogen and oxygen atoms in total. The maximum absolute atomic E-state index is 14.5. The van der Waals surface area contributed by atoms with E-state index in [1.54, 1.807) is 0 Å². The van der Waals surface area contributed by atoms with Crippen molar-refractivity contribution in [1.29, 1.82) is 0 Å². The highest BCUT2D eigenvalue weighted by molar-refractivity contribution is 6.69. The summed E-state index contributed by atoms with van der Waals surface area (Å²) < 4.78 is 34.0. The minimum absolute atomic E-state index is 0.185. The standard InChI is InChI=1S/C16H24F2O3Si/c1-16(2,3)11(9-21-22(4,5)6)10-7-8-12(17)13(14(10)18)15(19)20/h7-8,11H,9H2,1-6H3,(H,19,20). The van der Waals surface area contributed by atoms with E-state index >= 15 is 0 Å². The van der Waals surface area contributed by atoms with Gasteiger partial charge in [-0.05, 0) is 36.7 Å². The lowest BCUT2D eigenvalue weighted by molar-refractivity contribution is 0.0685. The number of halogens is 2. The largest absolute Gasteiger partial charge is 0.477 e. The van der Waals surface area contributed by atoms with Crippen LogP contribution in [0.15, 0.2) is 12.1 Å². The lowest BCUT2D eigenvalue weighted by Gasteiger charge is -2.33. The second-order valence-electron chi connectivity index (χ2n) is 7.47. The van der Waals surface area contributed by atoms with Gasteiger partial charge in [-0.15, -0.1) is 0 Å². The number of carbonyl (C=O) groups is 1. The van der Waals surface area contributed by atoms with Crippen molar-refractivity contribution in [2.45, 2.75) is 46.3 Å². The molecule has 0 aromatic heterocycles. The smallest absolute Gasteiger partial charge is 0.341 e. The zero-order valence-corrected chi connectivity index (χ0v) is 15.0. The second kappa shape index (κ2) is 6.46. The molecule has 0 saturated heterocycles. The van der Waals surface area contributed by atoms with E-state index in [4.69, 9.17) is 9.53 Å². The van der Waals surface area contributed by atoms with Gasteiger partial charge in [-0.25, -0.2) is 13.6 Å².